The molecule has 1 aromatic rings. The van der Waals surface area contributed by atoms with E-state index in [1.807, 2.05) is 0 Å². The van der Waals surface area contributed by atoms with Crippen LogP contribution in [0.2, 0.25) is 0 Å². The molecule has 0 atom stereocenters. The molecule has 0 aliphatic heterocycles. The average Bonchev–Trinajstić information content (AvgIpc) is 2.43. The van der Waals surface area contributed by atoms with E-state index in [0.29, 0.717) is 18.2 Å². The van der Waals surface area contributed by atoms with Crippen molar-refractivity contribution in [2.45, 2.75) is 13.8 Å². The number of rotatable bonds is 7. The van der Waals surface area contributed by atoms with Crippen LogP contribution in [-0.2, 0) is 0 Å². The summed E-state index contributed by atoms with van der Waals surface area (Å²) in [5.41, 5.74) is 5.68. The van der Waals surface area contributed by atoms with Crippen LogP contribution in [0.15, 0.2) is 17.5 Å². The van der Waals surface area contributed by atoms with Gasteiger partial charge in [-0.2, -0.15) is 0 Å². The Bertz CT molecular complexity index is 376. The van der Waals surface area contributed by atoms with Gasteiger partial charge in [0.05, 0.1) is 12.4 Å². The third-order valence-electron chi connectivity index (χ3n) is 2.55. The van der Waals surface area contributed by atoms with Gasteiger partial charge in [0.1, 0.15) is 12.3 Å². The molecule has 0 radical (unpaired) electrons. The fourth-order valence-corrected chi connectivity index (χ4v) is 1.39. The Morgan fingerprint density at radius 1 is 1.39 bits per heavy atom. The predicted molar refractivity (Wildman–Crippen MR) is 67.8 cm³/mol. The van der Waals surface area contributed by atoms with Crippen molar-refractivity contribution in [1.82, 2.24) is 14.9 Å². The number of likely N-dealkylation sites (N-methyl/N-ethyl adjacent to an activating group) is 1. The van der Waals surface area contributed by atoms with Crippen LogP contribution < -0.4 is 10.5 Å². The molecule has 0 spiro atoms. The number of oxime groups is 1. The number of hydrogen-bond acceptors (Lipinski definition) is 6. The summed E-state index contributed by atoms with van der Waals surface area (Å²) in [6, 6.07) is 0. The van der Waals surface area contributed by atoms with E-state index in [0.717, 1.165) is 19.6 Å². The monoisotopic (exact) mass is 253 g/mol. The molecule has 0 saturated carbocycles. The molecule has 0 aliphatic rings. The summed E-state index contributed by atoms with van der Waals surface area (Å²) >= 11 is 0. The topological polar surface area (TPSA) is 96.9 Å². The lowest BCUT2D eigenvalue weighted by Crippen LogP contribution is -2.28. The first-order valence-corrected chi connectivity index (χ1v) is 5.86. The van der Waals surface area contributed by atoms with Crippen molar-refractivity contribution in [3.05, 3.63) is 18.1 Å². The molecule has 0 fully saturated rings. The lowest BCUT2D eigenvalue weighted by molar-refractivity contribution is 0.217. The zero-order valence-electron chi connectivity index (χ0n) is 10.7. The van der Waals surface area contributed by atoms with Gasteiger partial charge in [0.25, 0.3) is 0 Å². The Morgan fingerprint density at radius 2 is 2.11 bits per heavy atom. The van der Waals surface area contributed by atoms with E-state index in [-0.39, 0.29) is 5.84 Å². The van der Waals surface area contributed by atoms with Crippen molar-refractivity contribution in [3.63, 3.8) is 0 Å². The number of hydrogen-bond donors (Lipinski definition) is 2. The maximum absolute atomic E-state index is 8.47. The molecule has 0 amide bonds. The first-order valence-electron chi connectivity index (χ1n) is 5.86. The highest BCUT2D eigenvalue weighted by Gasteiger charge is 2.03. The smallest absolute Gasteiger partial charge is 0.232 e. The van der Waals surface area contributed by atoms with Crippen molar-refractivity contribution in [2.75, 3.05) is 26.2 Å². The Kier molecular flexibility index (Phi) is 5.86. The molecule has 100 valence electrons. The SMILES string of the molecule is CCN(CC)CCOc1cnc(C(N)=NO)cn1. The van der Waals surface area contributed by atoms with E-state index >= 15 is 0 Å². The average molecular weight is 253 g/mol. The fraction of sp³-hybridized carbons (Fsp3) is 0.545. The standard InChI is InChI=1S/C11H19N5O2/c1-3-16(4-2)5-6-18-10-8-13-9(7-14-10)11(12)15-17/h7-8,17H,3-6H2,1-2H3,(H2,12,15). The lowest BCUT2D eigenvalue weighted by atomic mass is 10.4. The minimum Gasteiger partial charge on any atom is -0.475 e. The van der Waals surface area contributed by atoms with Crippen LogP contribution in [0.25, 0.3) is 0 Å². The van der Waals surface area contributed by atoms with E-state index in [1.165, 1.54) is 12.4 Å². The molecule has 7 heteroatoms. The van der Waals surface area contributed by atoms with Gasteiger partial charge in [0, 0.05) is 6.54 Å². The summed E-state index contributed by atoms with van der Waals surface area (Å²) < 4.78 is 5.45. The van der Waals surface area contributed by atoms with Crippen LogP contribution in [0.4, 0.5) is 0 Å². The van der Waals surface area contributed by atoms with Gasteiger partial charge < -0.3 is 20.6 Å². The third kappa shape index (κ3) is 4.17. The second-order valence-electron chi connectivity index (χ2n) is 3.60. The minimum atomic E-state index is -0.0720. The molecular weight excluding hydrogens is 234 g/mol. The molecule has 0 saturated heterocycles. The predicted octanol–water partition coefficient (Wildman–Crippen LogP) is 0.292. The summed E-state index contributed by atoms with van der Waals surface area (Å²) in [5, 5.41) is 11.3. The van der Waals surface area contributed by atoms with Gasteiger partial charge in [-0.15, -0.1) is 0 Å². The maximum Gasteiger partial charge on any atom is 0.232 e. The second-order valence-corrected chi connectivity index (χ2v) is 3.60. The molecular formula is C11H19N5O2. The normalized spacial score (nSPS) is 11.8. The first kappa shape index (κ1) is 14.2. The van der Waals surface area contributed by atoms with Gasteiger partial charge in [-0.1, -0.05) is 19.0 Å². The Hall–Kier alpha value is -1.89. The van der Waals surface area contributed by atoms with Crippen LogP contribution in [-0.4, -0.2) is 52.2 Å². The van der Waals surface area contributed by atoms with Crippen LogP contribution in [0, 0.1) is 0 Å². The molecule has 0 unspecified atom stereocenters. The quantitative estimate of drug-likeness (QED) is 0.314. The van der Waals surface area contributed by atoms with Gasteiger partial charge in [0.2, 0.25) is 5.88 Å². The number of ether oxygens (including phenoxy) is 1. The Labute approximate surface area is 106 Å². The summed E-state index contributed by atoms with van der Waals surface area (Å²) in [6.07, 6.45) is 2.86. The van der Waals surface area contributed by atoms with Gasteiger partial charge >= 0.3 is 0 Å². The fourth-order valence-electron chi connectivity index (χ4n) is 1.39. The molecule has 1 heterocycles. The molecule has 0 aromatic carbocycles. The molecule has 1 rings (SSSR count). The van der Waals surface area contributed by atoms with Gasteiger partial charge in [0.15, 0.2) is 5.84 Å². The lowest BCUT2D eigenvalue weighted by Gasteiger charge is -2.17. The van der Waals surface area contributed by atoms with E-state index in [4.69, 9.17) is 15.7 Å². The largest absolute Gasteiger partial charge is 0.475 e. The summed E-state index contributed by atoms with van der Waals surface area (Å²) in [7, 11) is 0. The number of nitrogens with two attached hydrogens (primary N) is 1. The highest BCUT2D eigenvalue weighted by atomic mass is 16.5. The number of aromatic nitrogens is 2. The zero-order chi connectivity index (χ0) is 13.4. The van der Waals surface area contributed by atoms with E-state index in [2.05, 4.69) is 33.9 Å². The van der Waals surface area contributed by atoms with Gasteiger partial charge in [-0.3, -0.25) is 0 Å². The van der Waals surface area contributed by atoms with Crippen LogP contribution in [0.1, 0.15) is 19.5 Å². The Balaban J connectivity index is 2.44. The van der Waals surface area contributed by atoms with Crippen molar-refractivity contribution in [3.8, 4) is 5.88 Å². The van der Waals surface area contributed by atoms with E-state index in [1.54, 1.807) is 0 Å². The van der Waals surface area contributed by atoms with Gasteiger partial charge in [-0.25, -0.2) is 9.97 Å². The minimum absolute atomic E-state index is 0.0720. The number of nitrogens with zero attached hydrogens (tertiary/aromatic N) is 4. The van der Waals surface area contributed by atoms with Crippen molar-refractivity contribution in [2.24, 2.45) is 10.9 Å². The first-order chi connectivity index (χ1) is 8.71. The summed E-state index contributed by atoms with van der Waals surface area (Å²) in [6.45, 7) is 7.60. The van der Waals surface area contributed by atoms with Crippen LogP contribution in [0.3, 0.4) is 0 Å². The molecule has 7 nitrogen and oxygen atoms in total. The Morgan fingerprint density at radius 3 is 2.61 bits per heavy atom. The summed E-state index contributed by atoms with van der Waals surface area (Å²) in [5.74, 6) is 0.355. The third-order valence-corrected chi connectivity index (χ3v) is 2.55. The molecule has 3 N–H and O–H groups in total. The highest BCUT2D eigenvalue weighted by molar-refractivity contribution is 5.94. The van der Waals surface area contributed by atoms with Crippen LogP contribution >= 0.6 is 0 Å². The summed E-state index contributed by atoms with van der Waals surface area (Å²) in [4.78, 5) is 10.2. The van der Waals surface area contributed by atoms with Crippen LogP contribution in [0.5, 0.6) is 5.88 Å². The van der Waals surface area contributed by atoms with E-state index < -0.39 is 0 Å². The van der Waals surface area contributed by atoms with Crippen molar-refractivity contribution in [1.29, 1.82) is 0 Å². The molecule has 18 heavy (non-hydrogen) atoms. The highest BCUT2D eigenvalue weighted by Crippen LogP contribution is 2.04. The zero-order valence-corrected chi connectivity index (χ0v) is 10.7. The van der Waals surface area contributed by atoms with Crippen molar-refractivity contribution < 1.29 is 9.94 Å². The molecule has 0 bridgehead atoms. The van der Waals surface area contributed by atoms with Crippen molar-refractivity contribution >= 4 is 5.84 Å². The molecule has 1 aromatic heterocycles. The maximum atomic E-state index is 8.47. The van der Waals surface area contributed by atoms with E-state index in [9.17, 15) is 0 Å². The molecule has 0 aliphatic carbocycles. The second kappa shape index (κ2) is 7.44. The number of amidine groups is 1. The van der Waals surface area contributed by atoms with Gasteiger partial charge in [-0.05, 0) is 13.1 Å².